The second-order valence-electron chi connectivity index (χ2n) is 9.02. The molecule has 0 aliphatic rings. The first kappa shape index (κ1) is 27.7. The minimum Gasteiger partial charge on any atom is -0.619 e. The number of alkyl halides is 3. The second kappa shape index (κ2) is 11.0. The van der Waals surface area contributed by atoms with Crippen LogP contribution in [0.2, 0.25) is 5.02 Å². The first-order valence-electron chi connectivity index (χ1n) is 11.2. The molecule has 11 heteroatoms. The van der Waals surface area contributed by atoms with Gasteiger partial charge in [0.25, 0.3) is 5.91 Å². The summed E-state index contributed by atoms with van der Waals surface area (Å²) in [6.45, 7) is 4.67. The molecule has 1 N–H and O–H groups in total. The molecule has 1 aromatic carbocycles. The van der Waals surface area contributed by atoms with Crippen molar-refractivity contribution in [3.63, 3.8) is 0 Å². The summed E-state index contributed by atoms with van der Waals surface area (Å²) in [6, 6.07) is 12.0. The van der Waals surface area contributed by atoms with Crippen LogP contribution in [0, 0.1) is 16.5 Å². The SMILES string of the molecule is CC(NC(=O)C(C)(C)Oc1ccc(C(F)(F)F)cn1)C(Cc1ccc(Cl)cc1)c1cc(C#N)c[n+]([O-])c1. The van der Waals surface area contributed by atoms with E-state index in [2.05, 4.69) is 10.3 Å². The van der Waals surface area contributed by atoms with Gasteiger partial charge in [-0.05, 0) is 57.0 Å². The molecule has 2 unspecified atom stereocenters. The molecule has 0 fully saturated rings. The Hall–Kier alpha value is -3.84. The molecule has 0 spiro atoms. The Kier molecular flexibility index (Phi) is 8.28. The molecule has 7 nitrogen and oxygen atoms in total. The van der Waals surface area contributed by atoms with E-state index in [-0.39, 0.29) is 11.4 Å². The molecule has 1 amide bonds. The Labute approximate surface area is 217 Å². The molecular formula is C26H24ClF3N4O3. The topological polar surface area (TPSA) is 102 Å². The van der Waals surface area contributed by atoms with Gasteiger partial charge in [-0.2, -0.15) is 23.2 Å². The third-order valence-corrected chi connectivity index (χ3v) is 5.98. The lowest BCUT2D eigenvalue weighted by molar-refractivity contribution is -0.606. The summed E-state index contributed by atoms with van der Waals surface area (Å²) in [5.74, 6) is -1.11. The Morgan fingerprint density at radius 3 is 2.46 bits per heavy atom. The van der Waals surface area contributed by atoms with Gasteiger partial charge in [0.1, 0.15) is 11.6 Å². The largest absolute Gasteiger partial charge is 0.619 e. The van der Waals surface area contributed by atoms with Crippen LogP contribution in [0.5, 0.6) is 5.88 Å². The average molecular weight is 533 g/mol. The monoisotopic (exact) mass is 532 g/mol. The standard InChI is InChI=1S/C26H24ClF3N4O3/c1-16(33-24(35)25(2,3)37-23-9-6-20(13-32-23)26(28,29)30)22(11-17-4-7-21(27)8-5-17)19-10-18(12-31)14-34(36)15-19/h4-10,13-16,22H,11H2,1-3H3,(H,33,35). The van der Waals surface area contributed by atoms with Crippen LogP contribution in [0.1, 0.15) is 48.9 Å². The van der Waals surface area contributed by atoms with Crippen molar-refractivity contribution in [2.24, 2.45) is 0 Å². The highest BCUT2D eigenvalue weighted by Crippen LogP contribution is 2.30. The lowest BCUT2D eigenvalue weighted by Crippen LogP contribution is -2.51. The number of nitriles is 1. The van der Waals surface area contributed by atoms with Gasteiger partial charge < -0.3 is 15.3 Å². The maximum absolute atomic E-state index is 13.1. The van der Waals surface area contributed by atoms with E-state index in [0.717, 1.165) is 23.9 Å². The van der Waals surface area contributed by atoms with E-state index in [9.17, 15) is 28.4 Å². The van der Waals surface area contributed by atoms with E-state index in [1.54, 1.807) is 25.1 Å². The predicted molar refractivity (Wildman–Crippen MR) is 130 cm³/mol. The Balaban J connectivity index is 1.82. The van der Waals surface area contributed by atoms with Crippen molar-refractivity contribution in [1.82, 2.24) is 10.3 Å². The number of rotatable bonds is 8. The second-order valence-corrected chi connectivity index (χ2v) is 9.46. The summed E-state index contributed by atoms with van der Waals surface area (Å²) >= 11 is 5.99. The first-order chi connectivity index (χ1) is 17.3. The number of carbonyl (C=O) groups is 1. The molecular weight excluding hydrogens is 509 g/mol. The summed E-state index contributed by atoms with van der Waals surface area (Å²) in [6.07, 6.45) is -1.00. The normalized spacial score (nSPS) is 13.4. The van der Waals surface area contributed by atoms with E-state index in [1.807, 2.05) is 18.2 Å². The van der Waals surface area contributed by atoms with E-state index in [4.69, 9.17) is 16.3 Å². The summed E-state index contributed by atoms with van der Waals surface area (Å²) in [4.78, 5) is 16.8. The maximum atomic E-state index is 13.1. The molecule has 0 aliphatic carbocycles. The van der Waals surface area contributed by atoms with Crippen LogP contribution >= 0.6 is 11.6 Å². The molecule has 0 bridgehead atoms. The van der Waals surface area contributed by atoms with Gasteiger partial charge in [-0.25, -0.2) is 4.98 Å². The summed E-state index contributed by atoms with van der Waals surface area (Å²) in [7, 11) is 0. The van der Waals surface area contributed by atoms with Crippen molar-refractivity contribution in [1.29, 1.82) is 5.26 Å². The molecule has 2 atom stereocenters. The maximum Gasteiger partial charge on any atom is 0.417 e. The number of amides is 1. The van der Waals surface area contributed by atoms with E-state index in [0.29, 0.717) is 27.9 Å². The molecule has 2 heterocycles. The highest BCUT2D eigenvalue weighted by atomic mass is 35.5. The molecule has 0 radical (unpaired) electrons. The number of aromatic nitrogens is 2. The summed E-state index contributed by atoms with van der Waals surface area (Å²) in [5.41, 5.74) is -0.821. The fourth-order valence-electron chi connectivity index (χ4n) is 3.69. The van der Waals surface area contributed by atoms with Crippen LogP contribution in [-0.4, -0.2) is 22.5 Å². The van der Waals surface area contributed by atoms with Crippen molar-refractivity contribution < 1.29 is 27.4 Å². The number of nitrogens with one attached hydrogen (secondary N) is 1. The lowest BCUT2D eigenvalue weighted by atomic mass is 9.86. The average Bonchev–Trinajstić information content (AvgIpc) is 2.82. The van der Waals surface area contributed by atoms with Crippen molar-refractivity contribution in [2.75, 3.05) is 0 Å². The smallest absolute Gasteiger partial charge is 0.417 e. The number of pyridine rings is 2. The Morgan fingerprint density at radius 2 is 1.89 bits per heavy atom. The van der Waals surface area contributed by atoms with E-state index in [1.165, 1.54) is 20.0 Å². The van der Waals surface area contributed by atoms with Crippen LogP contribution in [-0.2, 0) is 17.4 Å². The molecule has 2 aromatic heterocycles. The van der Waals surface area contributed by atoms with Crippen LogP contribution in [0.25, 0.3) is 0 Å². The minimum absolute atomic E-state index is 0.146. The van der Waals surface area contributed by atoms with Gasteiger partial charge in [-0.15, -0.1) is 0 Å². The Morgan fingerprint density at radius 1 is 1.22 bits per heavy atom. The van der Waals surface area contributed by atoms with E-state index >= 15 is 0 Å². The number of hydrogen-bond acceptors (Lipinski definition) is 5. The minimum atomic E-state index is -4.54. The highest BCUT2D eigenvalue weighted by molar-refractivity contribution is 6.30. The van der Waals surface area contributed by atoms with Crippen LogP contribution in [0.3, 0.4) is 0 Å². The fourth-order valence-corrected chi connectivity index (χ4v) is 3.82. The molecule has 194 valence electrons. The van der Waals surface area contributed by atoms with E-state index < -0.39 is 35.2 Å². The van der Waals surface area contributed by atoms with Crippen LogP contribution < -0.4 is 14.8 Å². The van der Waals surface area contributed by atoms with Crippen molar-refractivity contribution >= 4 is 17.5 Å². The zero-order chi connectivity index (χ0) is 27.4. The number of hydrogen-bond donors (Lipinski definition) is 1. The molecule has 0 saturated carbocycles. The molecule has 0 saturated heterocycles. The van der Waals surface area contributed by atoms with Gasteiger partial charge in [0.05, 0.1) is 5.56 Å². The number of benzene rings is 1. The number of halogens is 4. The number of ether oxygens (including phenoxy) is 1. The van der Waals surface area contributed by atoms with Crippen molar-refractivity contribution in [3.05, 3.63) is 93.5 Å². The Bertz CT molecular complexity index is 1290. The van der Waals surface area contributed by atoms with Crippen LogP contribution in [0.4, 0.5) is 13.2 Å². The van der Waals surface area contributed by atoms with Crippen molar-refractivity contribution in [2.45, 2.75) is 50.9 Å². The zero-order valence-electron chi connectivity index (χ0n) is 20.2. The predicted octanol–water partition coefficient (Wildman–Crippen LogP) is 4.95. The van der Waals surface area contributed by atoms with Crippen LogP contribution in [0.15, 0.2) is 61.1 Å². The van der Waals surface area contributed by atoms with Gasteiger partial charge in [0, 0.05) is 34.8 Å². The van der Waals surface area contributed by atoms with Gasteiger partial charge in [0.2, 0.25) is 5.88 Å². The van der Waals surface area contributed by atoms with Gasteiger partial charge >= 0.3 is 6.18 Å². The third-order valence-electron chi connectivity index (χ3n) is 5.72. The fraction of sp³-hybridized carbons (Fsp3) is 0.308. The van der Waals surface area contributed by atoms with Gasteiger partial charge in [-0.1, -0.05) is 23.7 Å². The van der Waals surface area contributed by atoms with Gasteiger partial charge in [-0.3, -0.25) is 4.79 Å². The molecule has 37 heavy (non-hydrogen) atoms. The molecule has 3 aromatic rings. The van der Waals surface area contributed by atoms with Crippen molar-refractivity contribution in [3.8, 4) is 11.9 Å². The lowest BCUT2D eigenvalue weighted by Gasteiger charge is -2.30. The van der Waals surface area contributed by atoms with Gasteiger partial charge in [0.15, 0.2) is 18.0 Å². The molecule has 0 aliphatic heterocycles. The first-order valence-corrected chi connectivity index (χ1v) is 11.6. The number of carbonyl (C=O) groups excluding carboxylic acids is 1. The third kappa shape index (κ3) is 7.33. The quantitative estimate of drug-likeness (QED) is 0.327. The summed E-state index contributed by atoms with van der Waals surface area (Å²) in [5, 5.41) is 24.9. The number of nitrogens with zero attached hydrogens (tertiary/aromatic N) is 3. The zero-order valence-corrected chi connectivity index (χ0v) is 21.0. The molecule has 3 rings (SSSR count). The highest BCUT2D eigenvalue weighted by Gasteiger charge is 2.35. The summed E-state index contributed by atoms with van der Waals surface area (Å²) < 4.78 is 44.6.